The minimum Gasteiger partial charge on any atom is -0.462 e. The van der Waals surface area contributed by atoms with Gasteiger partial charge >= 0.3 is 0 Å². The maximum atomic E-state index is 15.1. The van der Waals surface area contributed by atoms with Gasteiger partial charge < -0.3 is 14.2 Å². The molecule has 3 nitrogen and oxygen atoms in total. The minimum absolute atomic E-state index is 0.0184. The van der Waals surface area contributed by atoms with Gasteiger partial charge in [0, 0.05) is 17.0 Å². The normalized spacial score (nSPS) is 17.7. The molecular weight excluding hydrogens is 489 g/mol. The van der Waals surface area contributed by atoms with Crippen LogP contribution in [-0.2, 0) is 9.47 Å². The van der Waals surface area contributed by atoms with Gasteiger partial charge in [-0.05, 0) is 60.2 Å². The molecule has 6 heteroatoms. The average molecular weight is 525 g/mol. The molecule has 4 rings (SSSR count). The van der Waals surface area contributed by atoms with Gasteiger partial charge in [0.25, 0.3) is 0 Å². The van der Waals surface area contributed by atoms with Gasteiger partial charge in [-0.3, -0.25) is 0 Å². The quantitative estimate of drug-likeness (QED) is 0.185. The third-order valence-corrected chi connectivity index (χ3v) is 6.81. The summed E-state index contributed by atoms with van der Waals surface area (Å²) in [6, 6.07) is 14.8. The van der Waals surface area contributed by atoms with Crippen LogP contribution in [0.15, 0.2) is 66.9 Å². The molecule has 0 atom stereocenters. The lowest BCUT2D eigenvalue weighted by Gasteiger charge is -2.30. The van der Waals surface area contributed by atoms with Crippen molar-refractivity contribution in [2.45, 2.75) is 64.6 Å². The molecule has 0 unspecified atom stereocenters. The van der Waals surface area contributed by atoms with E-state index in [1.54, 1.807) is 36.4 Å². The van der Waals surface area contributed by atoms with Crippen LogP contribution < -0.4 is 4.74 Å². The first-order valence-corrected chi connectivity index (χ1v) is 13.4. The van der Waals surface area contributed by atoms with Crippen molar-refractivity contribution < 1.29 is 27.4 Å². The van der Waals surface area contributed by atoms with Crippen molar-refractivity contribution in [3.05, 3.63) is 90.0 Å². The second kappa shape index (κ2) is 13.6. The molecule has 3 aromatic rings. The molecule has 38 heavy (non-hydrogen) atoms. The second-order valence-corrected chi connectivity index (χ2v) is 9.60. The fourth-order valence-electron chi connectivity index (χ4n) is 4.55. The zero-order chi connectivity index (χ0) is 26.9. The Morgan fingerprint density at radius 2 is 1.50 bits per heavy atom. The molecule has 1 aliphatic rings. The fourth-order valence-corrected chi connectivity index (χ4v) is 4.55. The Kier molecular flexibility index (Phi) is 10.0. The van der Waals surface area contributed by atoms with Crippen LogP contribution in [0.3, 0.4) is 0 Å². The van der Waals surface area contributed by atoms with E-state index in [2.05, 4.69) is 6.92 Å². The molecule has 3 aromatic carbocycles. The highest BCUT2D eigenvalue weighted by Gasteiger charge is 2.24. The highest BCUT2D eigenvalue weighted by atomic mass is 19.2. The number of hydrogen-bond donors (Lipinski definition) is 0. The van der Waals surface area contributed by atoms with Gasteiger partial charge in [-0.1, -0.05) is 69.5 Å². The summed E-state index contributed by atoms with van der Waals surface area (Å²) in [5, 5.41) is 0. The highest BCUT2D eigenvalue weighted by Crippen LogP contribution is 2.33. The number of ether oxygens (including phenoxy) is 3. The number of rotatable bonds is 11. The van der Waals surface area contributed by atoms with E-state index in [1.165, 1.54) is 43.7 Å². The summed E-state index contributed by atoms with van der Waals surface area (Å²) in [4.78, 5) is 0. The Morgan fingerprint density at radius 1 is 0.816 bits per heavy atom. The largest absolute Gasteiger partial charge is 0.462 e. The Labute approximate surface area is 223 Å². The number of hydrogen-bond acceptors (Lipinski definition) is 3. The number of unbranched alkanes of at least 4 members (excludes halogenated alkanes) is 3. The van der Waals surface area contributed by atoms with Crippen LogP contribution in [0.25, 0.3) is 22.3 Å². The second-order valence-electron chi connectivity index (χ2n) is 9.60. The predicted molar refractivity (Wildman–Crippen MR) is 144 cm³/mol. The molecule has 0 saturated carbocycles. The molecule has 0 spiro atoms. The summed E-state index contributed by atoms with van der Waals surface area (Å²) >= 11 is 0. The van der Waals surface area contributed by atoms with E-state index in [0.717, 1.165) is 24.8 Å². The molecule has 0 aromatic heterocycles. The van der Waals surface area contributed by atoms with Crippen molar-refractivity contribution >= 4 is 0 Å². The summed E-state index contributed by atoms with van der Waals surface area (Å²) < 4.78 is 61.2. The topological polar surface area (TPSA) is 27.7 Å². The van der Waals surface area contributed by atoms with Crippen LogP contribution in [0.4, 0.5) is 13.2 Å². The van der Waals surface area contributed by atoms with E-state index in [4.69, 9.17) is 14.2 Å². The van der Waals surface area contributed by atoms with E-state index in [1.807, 2.05) is 13.0 Å². The van der Waals surface area contributed by atoms with Crippen LogP contribution in [0, 0.1) is 17.5 Å². The van der Waals surface area contributed by atoms with E-state index >= 15 is 4.39 Å². The molecule has 1 heterocycles. The van der Waals surface area contributed by atoms with Crippen molar-refractivity contribution in [2.75, 3.05) is 13.2 Å². The van der Waals surface area contributed by atoms with Crippen molar-refractivity contribution in [3.8, 4) is 28.0 Å². The van der Waals surface area contributed by atoms with E-state index in [-0.39, 0.29) is 29.3 Å². The monoisotopic (exact) mass is 524 g/mol. The molecular formula is C32H35F3O3. The van der Waals surface area contributed by atoms with E-state index in [9.17, 15) is 8.78 Å². The first kappa shape index (κ1) is 27.9. The van der Waals surface area contributed by atoms with Gasteiger partial charge in [-0.25, -0.2) is 8.78 Å². The molecule has 1 aliphatic heterocycles. The Bertz CT molecular complexity index is 1220. The molecule has 0 N–H and O–H groups in total. The number of benzene rings is 3. The predicted octanol–water partition coefficient (Wildman–Crippen LogP) is 9.17. The summed E-state index contributed by atoms with van der Waals surface area (Å²) in [6.45, 7) is 5.11. The minimum atomic E-state index is -1.05. The fraction of sp³-hybridized carbons (Fsp3) is 0.375. The number of allylic oxidation sites excluding steroid dienone is 1. The zero-order valence-corrected chi connectivity index (χ0v) is 22.0. The molecule has 0 radical (unpaired) electrons. The lowest BCUT2D eigenvalue weighted by Crippen LogP contribution is -2.30. The number of halogens is 3. The summed E-state index contributed by atoms with van der Waals surface area (Å²) in [5.41, 5.74) is 2.51. The lowest BCUT2D eigenvalue weighted by atomic mass is 9.95. The maximum absolute atomic E-state index is 15.1. The van der Waals surface area contributed by atoms with Gasteiger partial charge in [0.1, 0.15) is 5.82 Å². The molecule has 1 saturated heterocycles. The van der Waals surface area contributed by atoms with Gasteiger partial charge in [0.05, 0.1) is 19.5 Å². The Morgan fingerprint density at radius 3 is 2.16 bits per heavy atom. The van der Waals surface area contributed by atoms with Crippen molar-refractivity contribution in [1.29, 1.82) is 0 Å². The van der Waals surface area contributed by atoms with Gasteiger partial charge in [-0.2, -0.15) is 4.39 Å². The molecule has 0 aliphatic carbocycles. The van der Waals surface area contributed by atoms with Crippen LogP contribution >= 0.6 is 0 Å². The zero-order valence-electron chi connectivity index (χ0n) is 22.0. The molecule has 0 amide bonds. The van der Waals surface area contributed by atoms with Crippen LogP contribution in [0.5, 0.6) is 5.75 Å². The summed E-state index contributed by atoms with van der Waals surface area (Å²) in [6.07, 6.45) is 9.17. The first-order chi connectivity index (χ1) is 18.5. The summed E-state index contributed by atoms with van der Waals surface area (Å²) in [5.74, 6) is -2.58. The smallest absolute Gasteiger partial charge is 0.201 e. The van der Waals surface area contributed by atoms with Crippen LogP contribution in [0.1, 0.15) is 63.9 Å². The molecule has 202 valence electrons. The van der Waals surface area contributed by atoms with Crippen LogP contribution in [-0.4, -0.2) is 19.5 Å². The van der Waals surface area contributed by atoms with E-state index in [0.29, 0.717) is 29.9 Å². The Balaban J connectivity index is 1.41. The SMILES string of the molecule is CC/C=C\Oc1ccc(-c2ccc(-c3ccc(C4COC(CCCCCC)OC4)cc3F)cc2)c(F)c1F. The van der Waals surface area contributed by atoms with Crippen molar-refractivity contribution in [1.82, 2.24) is 0 Å². The van der Waals surface area contributed by atoms with Gasteiger partial charge in [-0.15, -0.1) is 0 Å². The third kappa shape index (κ3) is 6.86. The van der Waals surface area contributed by atoms with Gasteiger partial charge in [0.15, 0.2) is 17.9 Å². The molecule has 0 bridgehead atoms. The lowest BCUT2D eigenvalue weighted by molar-refractivity contribution is -0.190. The standard InChI is InChI=1S/C32H35F3O3/c1-3-5-7-8-9-30-37-20-25(21-38-30)24-14-15-26(28(33)19-24)22-10-12-23(13-11-22)27-16-17-29(32(35)31(27)34)36-18-6-4-2/h6,10-19,25,30H,3-5,7-9,20-21H2,1-2H3/b18-6-. The maximum Gasteiger partial charge on any atom is 0.201 e. The van der Waals surface area contributed by atoms with Gasteiger partial charge in [0.2, 0.25) is 5.82 Å². The first-order valence-electron chi connectivity index (χ1n) is 13.4. The van der Waals surface area contributed by atoms with E-state index < -0.39 is 11.6 Å². The third-order valence-electron chi connectivity index (χ3n) is 6.81. The van der Waals surface area contributed by atoms with Crippen molar-refractivity contribution in [3.63, 3.8) is 0 Å². The average Bonchev–Trinajstić information content (AvgIpc) is 2.94. The Hall–Kier alpha value is -3.09. The summed E-state index contributed by atoms with van der Waals surface area (Å²) in [7, 11) is 0. The highest BCUT2D eigenvalue weighted by molar-refractivity contribution is 5.71. The molecule has 1 fully saturated rings. The van der Waals surface area contributed by atoms with Crippen molar-refractivity contribution in [2.24, 2.45) is 0 Å². The van der Waals surface area contributed by atoms with Crippen LogP contribution in [0.2, 0.25) is 0 Å².